The third-order valence-corrected chi connectivity index (χ3v) is 2.35. The second kappa shape index (κ2) is 3.87. The second-order valence-corrected chi connectivity index (χ2v) is 3.55. The zero-order valence-electron chi connectivity index (χ0n) is 7.88. The third-order valence-electron chi connectivity index (χ3n) is 2.02. The fourth-order valence-electron chi connectivity index (χ4n) is 1.30. The number of furan rings is 1. The molecule has 84 valence electrons. The zero-order valence-corrected chi connectivity index (χ0v) is 8.64. The van der Waals surface area contributed by atoms with Crippen LogP contribution in [0.4, 0.5) is 13.2 Å². The Labute approximate surface area is 94.4 Å². The molecule has 0 fully saturated rings. The average Bonchev–Trinajstić information content (AvgIpc) is 2.66. The van der Waals surface area contributed by atoms with Crippen molar-refractivity contribution >= 4 is 11.6 Å². The van der Waals surface area contributed by atoms with Gasteiger partial charge in [0.15, 0.2) is 0 Å². The van der Waals surface area contributed by atoms with Crippen LogP contribution in [0.15, 0.2) is 40.8 Å². The fourth-order valence-corrected chi connectivity index (χ4v) is 1.52. The largest absolute Gasteiger partial charge is 0.451 e. The van der Waals surface area contributed by atoms with E-state index in [0.717, 1.165) is 6.07 Å². The molecule has 0 aliphatic carbocycles. The molecule has 1 aromatic heterocycles. The van der Waals surface area contributed by atoms with Crippen LogP contribution in [0, 0.1) is 0 Å². The molecule has 0 amide bonds. The number of halogens is 4. The first kappa shape index (κ1) is 11.1. The standard InChI is InChI=1S/C11H6ClF3O/c12-8-4-2-1-3-7(8)9-5-6-10(16-9)11(13,14)15/h1-6H. The number of hydrogen-bond acceptors (Lipinski definition) is 1. The van der Waals surface area contributed by atoms with Gasteiger partial charge in [0.2, 0.25) is 5.76 Å². The van der Waals surface area contributed by atoms with E-state index in [-0.39, 0.29) is 5.76 Å². The minimum atomic E-state index is -4.47. The predicted molar refractivity (Wildman–Crippen MR) is 54.2 cm³/mol. The molecule has 0 unspecified atom stereocenters. The monoisotopic (exact) mass is 246 g/mol. The Hall–Kier alpha value is -1.42. The molecule has 0 saturated carbocycles. The Balaban J connectivity index is 2.44. The third kappa shape index (κ3) is 2.07. The molecule has 1 heterocycles. The topological polar surface area (TPSA) is 13.1 Å². The lowest BCUT2D eigenvalue weighted by atomic mass is 10.2. The van der Waals surface area contributed by atoms with Gasteiger partial charge < -0.3 is 4.42 Å². The van der Waals surface area contributed by atoms with E-state index in [1.165, 1.54) is 6.07 Å². The van der Waals surface area contributed by atoms with Crippen LogP contribution in [-0.4, -0.2) is 0 Å². The zero-order chi connectivity index (χ0) is 11.8. The molecule has 0 saturated heterocycles. The number of hydrogen-bond donors (Lipinski definition) is 0. The summed E-state index contributed by atoms with van der Waals surface area (Å²) in [5.41, 5.74) is 0.444. The van der Waals surface area contributed by atoms with Crippen LogP contribution in [0.1, 0.15) is 5.76 Å². The lowest BCUT2D eigenvalue weighted by molar-refractivity contribution is -0.152. The molecule has 2 aromatic rings. The first-order valence-corrected chi connectivity index (χ1v) is 4.78. The predicted octanol–water partition coefficient (Wildman–Crippen LogP) is 4.62. The highest BCUT2D eigenvalue weighted by molar-refractivity contribution is 6.33. The van der Waals surface area contributed by atoms with Crippen LogP contribution in [0.5, 0.6) is 0 Å². The molecule has 16 heavy (non-hydrogen) atoms. The summed E-state index contributed by atoms with van der Waals surface area (Å²) in [7, 11) is 0. The van der Waals surface area contributed by atoms with Crippen LogP contribution in [0.25, 0.3) is 11.3 Å². The van der Waals surface area contributed by atoms with E-state index in [9.17, 15) is 13.2 Å². The second-order valence-electron chi connectivity index (χ2n) is 3.14. The van der Waals surface area contributed by atoms with Gasteiger partial charge in [-0.2, -0.15) is 13.2 Å². The summed E-state index contributed by atoms with van der Waals surface area (Å²) in [6.07, 6.45) is -4.47. The maximum absolute atomic E-state index is 12.3. The van der Waals surface area contributed by atoms with Gasteiger partial charge in [-0.25, -0.2) is 0 Å². The normalized spacial score (nSPS) is 11.8. The molecule has 2 rings (SSSR count). The van der Waals surface area contributed by atoms with E-state index in [4.69, 9.17) is 16.0 Å². The summed E-state index contributed by atoms with van der Waals surface area (Å²) in [5, 5.41) is 0.352. The highest BCUT2D eigenvalue weighted by Crippen LogP contribution is 2.35. The smallest absolute Gasteiger partial charge is 0.449 e. The van der Waals surface area contributed by atoms with E-state index in [1.54, 1.807) is 24.3 Å². The van der Waals surface area contributed by atoms with Gasteiger partial charge in [-0.3, -0.25) is 0 Å². The summed E-state index contributed by atoms with van der Waals surface area (Å²) in [6, 6.07) is 8.70. The molecule has 0 bridgehead atoms. The van der Waals surface area contributed by atoms with Gasteiger partial charge in [0, 0.05) is 5.56 Å². The molecule has 0 aliphatic rings. The van der Waals surface area contributed by atoms with Crippen molar-refractivity contribution in [1.29, 1.82) is 0 Å². The summed E-state index contributed by atoms with van der Waals surface area (Å²) in [6.45, 7) is 0. The van der Waals surface area contributed by atoms with Crippen molar-refractivity contribution in [1.82, 2.24) is 0 Å². The van der Waals surface area contributed by atoms with E-state index < -0.39 is 11.9 Å². The molecule has 5 heteroatoms. The Kier molecular flexibility index (Phi) is 2.68. The number of benzene rings is 1. The Morgan fingerprint density at radius 1 is 1.00 bits per heavy atom. The van der Waals surface area contributed by atoms with Crippen molar-refractivity contribution in [3.05, 3.63) is 47.2 Å². The van der Waals surface area contributed by atoms with Gasteiger partial charge in [-0.1, -0.05) is 23.7 Å². The van der Waals surface area contributed by atoms with Crippen LogP contribution in [-0.2, 0) is 6.18 Å². The minimum Gasteiger partial charge on any atom is -0.451 e. The Morgan fingerprint density at radius 3 is 2.25 bits per heavy atom. The summed E-state index contributed by atoms with van der Waals surface area (Å²) < 4.78 is 41.6. The molecule has 0 N–H and O–H groups in total. The van der Waals surface area contributed by atoms with Gasteiger partial charge in [-0.15, -0.1) is 0 Å². The molecular weight excluding hydrogens is 241 g/mol. The van der Waals surface area contributed by atoms with Crippen molar-refractivity contribution in [3.8, 4) is 11.3 Å². The average molecular weight is 247 g/mol. The maximum atomic E-state index is 12.3. The van der Waals surface area contributed by atoms with Gasteiger partial charge in [0.25, 0.3) is 0 Å². The van der Waals surface area contributed by atoms with E-state index in [2.05, 4.69) is 0 Å². The van der Waals surface area contributed by atoms with Crippen molar-refractivity contribution in [3.63, 3.8) is 0 Å². The van der Waals surface area contributed by atoms with Gasteiger partial charge in [-0.05, 0) is 24.3 Å². The quantitative estimate of drug-likeness (QED) is 0.716. The molecule has 1 aromatic carbocycles. The van der Waals surface area contributed by atoms with Crippen molar-refractivity contribution in [2.24, 2.45) is 0 Å². The molecule has 0 radical (unpaired) electrons. The first-order chi connectivity index (χ1) is 7.48. The lowest BCUT2D eigenvalue weighted by Gasteiger charge is -2.02. The highest BCUT2D eigenvalue weighted by atomic mass is 35.5. The maximum Gasteiger partial charge on any atom is 0.449 e. The fraction of sp³-hybridized carbons (Fsp3) is 0.0909. The van der Waals surface area contributed by atoms with Crippen LogP contribution in [0.2, 0.25) is 5.02 Å². The molecule has 0 atom stereocenters. The van der Waals surface area contributed by atoms with E-state index >= 15 is 0 Å². The SMILES string of the molecule is FC(F)(F)c1ccc(-c2ccccc2Cl)o1. The van der Waals surface area contributed by atoms with Crippen LogP contribution >= 0.6 is 11.6 Å². The lowest BCUT2D eigenvalue weighted by Crippen LogP contribution is -2.01. The van der Waals surface area contributed by atoms with E-state index in [1.807, 2.05) is 0 Å². The van der Waals surface area contributed by atoms with Crippen molar-refractivity contribution in [2.75, 3.05) is 0 Å². The molecule has 0 aliphatic heterocycles. The minimum absolute atomic E-state index is 0.109. The van der Waals surface area contributed by atoms with Gasteiger partial charge in [0.1, 0.15) is 5.76 Å². The first-order valence-electron chi connectivity index (χ1n) is 4.40. The Morgan fingerprint density at radius 2 is 1.69 bits per heavy atom. The summed E-state index contributed by atoms with van der Waals surface area (Å²) >= 11 is 5.84. The summed E-state index contributed by atoms with van der Waals surface area (Å²) in [4.78, 5) is 0. The molecule has 0 spiro atoms. The van der Waals surface area contributed by atoms with Crippen molar-refractivity contribution in [2.45, 2.75) is 6.18 Å². The van der Waals surface area contributed by atoms with Crippen LogP contribution < -0.4 is 0 Å². The van der Waals surface area contributed by atoms with Crippen LogP contribution in [0.3, 0.4) is 0 Å². The number of alkyl halides is 3. The Bertz CT molecular complexity index is 502. The van der Waals surface area contributed by atoms with Gasteiger partial charge >= 0.3 is 6.18 Å². The summed E-state index contributed by atoms with van der Waals surface area (Å²) in [5.74, 6) is -0.916. The van der Waals surface area contributed by atoms with E-state index in [0.29, 0.717) is 10.6 Å². The number of rotatable bonds is 1. The molecular formula is C11H6ClF3O. The highest BCUT2D eigenvalue weighted by Gasteiger charge is 2.34. The van der Waals surface area contributed by atoms with Gasteiger partial charge in [0.05, 0.1) is 5.02 Å². The molecule has 1 nitrogen and oxygen atoms in total. The van der Waals surface area contributed by atoms with Crippen molar-refractivity contribution < 1.29 is 17.6 Å².